The first-order valence-corrected chi connectivity index (χ1v) is 12.4. The number of fused-ring (bicyclic) bond motifs is 1. The number of carbonyl (C=O) groups is 2. The summed E-state index contributed by atoms with van der Waals surface area (Å²) in [5.74, 6) is -0.184. The molecule has 1 heterocycles. The molecule has 3 aromatic carbocycles. The standard InChI is InChI=1S/C30H29N3O4/c1-19(21-8-9-23-15-25(37-2)13-10-22(23)14-21)31-29(35)26-17-33(16-20-6-4-3-5-7-20)18-27(28(26)34)30(36)32-24-11-12-24/h3-10,13-15,17-19,24H,11-12,16H2,1-2H3,(H,31,35)(H,32,36). The largest absolute Gasteiger partial charge is 0.497 e. The molecule has 1 atom stereocenters. The van der Waals surface area contributed by atoms with Gasteiger partial charge in [-0.2, -0.15) is 0 Å². The van der Waals surface area contributed by atoms with Crippen LogP contribution in [0.5, 0.6) is 5.75 Å². The molecule has 2 amide bonds. The number of nitrogens with zero attached hydrogens (tertiary/aromatic N) is 1. The summed E-state index contributed by atoms with van der Waals surface area (Å²) in [6.07, 6.45) is 4.86. The number of ether oxygens (including phenoxy) is 1. The van der Waals surface area contributed by atoms with E-state index in [0.717, 1.165) is 40.5 Å². The fourth-order valence-corrected chi connectivity index (χ4v) is 4.33. The normalized spacial score (nSPS) is 13.7. The van der Waals surface area contributed by atoms with Crippen molar-refractivity contribution in [2.24, 2.45) is 0 Å². The second kappa shape index (κ2) is 10.3. The molecule has 7 nitrogen and oxygen atoms in total. The van der Waals surface area contributed by atoms with E-state index in [1.165, 1.54) is 12.4 Å². The van der Waals surface area contributed by atoms with E-state index in [2.05, 4.69) is 10.6 Å². The monoisotopic (exact) mass is 495 g/mol. The Kier molecular flexibility index (Phi) is 6.77. The van der Waals surface area contributed by atoms with Gasteiger partial charge in [-0.25, -0.2) is 0 Å². The molecular weight excluding hydrogens is 466 g/mol. The lowest BCUT2D eigenvalue weighted by atomic mass is 10.0. The number of hydrogen-bond acceptors (Lipinski definition) is 4. The third kappa shape index (κ3) is 5.56. The molecule has 7 heteroatoms. The van der Waals surface area contributed by atoms with Gasteiger partial charge in [-0.05, 0) is 59.9 Å². The second-order valence-electron chi connectivity index (χ2n) is 9.49. The van der Waals surface area contributed by atoms with Gasteiger partial charge >= 0.3 is 0 Å². The molecule has 4 aromatic rings. The van der Waals surface area contributed by atoms with Crippen LogP contribution in [-0.4, -0.2) is 29.5 Å². The molecule has 0 spiro atoms. The lowest BCUT2D eigenvalue weighted by Gasteiger charge is -2.17. The second-order valence-corrected chi connectivity index (χ2v) is 9.49. The van der Waals surface area contributed by atoms with Crippen LogP contribution in [0.2, 0.25) is 0 Å². The van der Waals surface area contributed by atoms with Crippen LogP contribution in [0.1, 0.15) is 57.7 Å². The predicted octanol–water partition coefficient (Wildman–Crippen LogP) is 4.44. The molecule has 0 aliphatic heterocycles. The molecule has 188 valence electrons. The van der Waals surface area contributed by atoms with Crippen LogP contribution in [0.25, 0.3) is 10.8 Å². The molecule has 1 aliphatic rings. The third-order valence-corrected chi connectivity index (χ3v) is 6.61. The van der Waals surface area contributed by atoms with E-state index in [9.17, 15) is 14.4 Å². The third-order valence-electron chi connectivity index (χ3n) is 6.61. The van der Waals surface area contributed by atoms with Crippen molar-refractivity contribution >= 4 is 22.6 Å². The van der Waals surface area contributed by atoms with Crippen LogP contribution in [0.3, 0.4) is 0 Å². The molecule has 1 fully saturated rings. The lowest BCUT2D eigenvalue weighted by molar-refractivity contribution is 0.0938. The smallest absolute Gasteiger partial charge is 0.257 e. The van der Waals surface area contributed by atoms with Crippen LogP contribution in [0.15, 0.2) is 83.9 Å². The number of carbonyl (C=O) groups excluding carboxylic acids is 2. The molecule has 1 saturated carbocycles. The van der Waals surface area contributed by atoms with Gasteiger partial charge in [0.15, 0.2) is 0 Å². The molecule has 0 saturated heterocycles. The average molecular weight is 496 g/mol. The predicted molar refractivity (Wildman–Crippen MR) is 143 cm³/mol. The van der Waals surface area contributed by atoms with E-state index in [4.69, 9.17) is 4.74 Å². The van der Waals surface area contributed by atoms with Gasteiger partial charge in [0, 0.05) is 25.0 Å². The quantitative estimate of drug-likeness (QED) is 0.378. The number of methoxy groups -OCH3 is 1. The highest BCUT2D eigenvalue weighted by molar-refractivity contribution is 5.99. The van der Waals surface area contributed by atoms with Gasteiger partial charge in [0.1, 0.15) is 16.9 Å². The van der Waals surface area contributed by atoms with Crippen LogP contribution < -0.4 is 20.8 Å². The van der Waals surface area contributed by atoms with Gasteiger partial charge in [0.05, 0.1) is 13.2 Å². The number of benzene rings is 3. The van der Waals surface area contributed by atoms with Gasteiger partial charge < -0.3 is 19.9 Å². The maximum absolute atomic E-state index is 13.3. The fourth-order valence-electron chi connectivity index (χ4n) is 4.33. The van der Waals surface area contributed by atoms with Crippen LogP contribution in [0, 0.1) is 0 Å². The van der Waals surface area contributed by atoms with E-state index in [0.29, 0.717) is 6.54 Å². The maximum atomic E-state index is 13.3. The summed E-state index contributed by atoms with van der Waals surface area (Å²) in [6.45, 7) is 2.30. The first kappa shape index (κ1) is 24.3. The molecule has 5 rings (SSSR count). The highest BCUT2D eigenvalue weighted by Gasteiger charge is 2.27. The van der Waals surface area contributed by atoms with Crippen LogP contribution >= 0.6 is 0 Å². The topological polar surface area (TPSA) is 89.4 Å². The van der Waals surface area contributed by atoms with Gasteiger partial charge in [0.2, 0.25) is 5.43 Å². The van der Waals surface area contributed by atoms with E-state index >= 15 is 0 Å². The summed E-state index contributed by atoms with van der Waals surface area (Å²) < 4.78 is 7.02. The molecule has 2 N–H and O–H groups in total. The molecule has 0 radical (unpaired) electrons. The molecule has 1 aromatic heterocycles. The van der Waals surface area contributed by atoms with E-state index < -0.39 is 17.2 Å². The van der Waals surface area contributed by atoms with Crippen molar-refractivity contribution in [2.45, 2.75) is 38.4 Å². The minimum atomic E-state index is -0.572. The zero-order valence-electron chi connectivity index (χ0n) is 20.9. The van der Waals surface area contributed by atoms with Gasteiger partial charge in [-0.15, -0.1) is 0 Å². The van der Waals surface area contributed by atoms with Crippen molar-refractivity contribution in [3.05, 3.63) is 112 Å². The van der Waals surface area contributed by atoms with Crippen molar-refractivity contribution in [1.82, 2.24) is 15.2 Å². The Balaban J connectivity index is 1.43. The van der Waals surface area contributed by atoms with Crippen molar-refractivity contribution in [3.8, 4) is 5.75 Å². The average Bonchev–Trinajstić information content (AvgIpc) is 3.73. The summed E-state index contributed by atoms with van der Waals surface area (Å²) in [6, 6.07) is 21.2. The number of rotatable bonds is 8. The highest BCUT2D eigenvalue weighted by atomic mass is 16.5. The van der Waals surface area contributed by atoms with Crippen LogP contribution in [-0.2, 0) is 6.54 Å². The first-order valence-electron chi connectivity index (χ1n) is 12.4. The van der Waals surface area contributed by atoms with Crippen molar-refractivity contribution in [3.63, 3.8) is 0 Å². The summed E-state index contributed by atoms with van der Waals surface area (Å²) >= 11 is 0. The lowest BCUT2D eigenvalue weighted by Crippen LogP contribution is -2.36. The summed E-state index contributed by atoms with van der Waals surface area (Å²) in [5.41, 5.74) is 1.24. The first-order chi connectivity index (χ1) is 17.9. The van der Waals surface area contributed by atoms with Crippen molar-refractivity contribution in [2.75, 3.05) is 7.11 Å². The molecule has 1 aliphatic carbocycles. The molecule has 0 bridgehead atoms. The Morgan fingerprint density at radius 3 is 2.32 bits per heavy atom. The fraction of sp³-hybridized carbons (Fsp3) is 0.233. The van der Waals surface area contributed by atoms with Gasteiger partial charge in [-0.1, -0.05) is 48.5 Å². The Hall–Kier alpha value is -4.39. The Bertz CT molecular complexity index is 1520. The van der Waals surface area contributed by atoms with Gasteiger partial charge in [-0.3, -0.25) is 14.4 Å². The number of hydrogen-bond donors (Lipinski definition) is 2. The number of amides is 2. The number of pyridine rings is 1. The van der Waals surface area contributed by atoms with Gasteiger partial charge in [0.25, 0.3) is 11.8 Å². The highest BCUT2D eigenvalue weighted by Crippen LogP contribution is 2.24. The Morgan fingerprint density at radius 2 is 1.62 bits per heavy atom. The minimum Gasteiger partial charge on any atom is -0.497 e. The number of aromatic nitrogens is 1. The minimum absolute atomic E-state index is 0.0252. The number of nitrogens with one attached hydrogen (secondary N) is 2. The van der Waals surface area contributed by atoms with Crippen LogP contribution in [0.4, 0.5) is 0 Å². The maximum Gasteiger partial charge on any atom is 0.257 e. The molecule has 37 heavy (non-hydrogen) atoms. The molecule has 1 unspecified atom stereocenters. The van der Waals surface area contributed by atoms with Crippen molar-refractivity contribution < 1.29 is 14.3 Å². The zero-order valence-corrected chi connectivity index (χ0v) is 20.9. The summed E-state index contributed by atoms with van der Waals surface area (Å²) in [7, 11) is 1.63. The Morgan fingerprint density at radius 1 is 0.946 bits per heavy atom. The summed E-state index contributed by atoms with van der Waals surface area (Å²) in [5, 5.41) is 7.85. The van der Waals surface area contributed by atoms with E-state index in [1.807, 2.05) is 73.7 Å². The van der Waals surface area contributed by atoms with E-state index in [1.54, 1.807) is 11.7 Å². The summed E-state index contributed by atoms with van der Waals surface area (Å²) in [4.78, 5) is 39.4. The Labute approximate surface area is 215 Å². The molecular formula is C30H29N3O4. The zero-order chi connectivity index (χ0) is 25.9. The van der Waals surface area contributed by atoms with E-state index in [-0.39, 0.29) is 23.2 Å². The SMILES string of the molecule is COc1ccc2cc(C(C)NC(=O)c3cn(Cc4ccccc4)cc(C(=O)NC4CC4)c3=O)ccc2c1. The van der Waals surface area contributed by atoms with Crippen molar-refractivity contribution in [1.29, 1.82) is 0 Å².